The van der Waals surface area contributed by atoms with Gasteiger partial charge in [0.05, 0.1) is 23.6 Å². The van der Waals surface area contributed by atoms with Gasteiger partial charge < -0.3 is 14.8 Å². The van der Waals surface area contributed by atoms with Gasteiger partial charge in [-0.05, 0) is 54.3 Å². The summed E-state index contributed by atoms with van der Waals surface area (Å²) in [6.07, 6.45) is 0. The minimum absolute atomic E-state index is 0.0208. The summed E-state index contributed by atoms with van der Waals surface area (Å²) in [7, 11) is -2.25. The Kier molecular flexibility index (Phi) is 8.14. The topological polar surface area (TPSA) is 93.7 Å². The molecule has 2 N–H and O–H groups in total. The lowest BCUT2D eigenvalue weighted by Gasteiger charge is -2.14. The first-order chi connectivity index (χ1) is 15.3. The summed E-state index contributed by atoms with van der Waals surface area (Å²) >= 11 is 7.73. The molecule has 1 aromatic heterocycles. The van der Waals surface area contributed by atoms with E-state index >= 15 is 0 Å². The highest BCUT2D eigenvalue weighted by Crippen LogP contribution is 2.36. The Balaban J connectivity index is 1.69. The van der Waals surface area contributed by atoms with E-state index in [-0.39, 0.29) is 23.5 Å². The van der Waals surface area contributed by atoms with E-state index < -0.39 is 15.9 Å². The second kappa shape index (κ2) is 10.8. The summed E-state index contributed by atoms with van der Waals surface area (Å²) in [6, 6.07) is 13.0. The summed E-state index contributed by atoms with van der Waals surface area (Å²) in [5.41, 5.74) is 0.943. The minimum Gasteiger partial charge on any atom is -0.493 e. The summed E-state index contributed by atoms with van der Waals surface area (Å²) in [5, 5.41) is 5.02. The molecule has 0 unspecified atom stereocenters. The van der Waals surface area contributed by atoms with Crippen LogP contribution in [0.3, 0.4) is 0 Å². The van der Waals surface area contributed by atoms with E-state index in [4.69, 9.17) is 21.1 Å². The predicted molar refractivity (Wildman–Crippen MR) is 125 cm³/mol. The monoisotopic (exact) mass is 494 g/mol. The van der Waals surface area contributed by atoms with Crippen molar-refractivity contribution < 1.29 is 22.7 Å². The van der Waals surface area contributed by atoms with Crippen molar-refractivity contribution in [2.24, 2.45) is 0 Å². The molecule has 2 aromatic carbocycles. The largest absolute Gasteiger partial charge is 0.493 e. The lowest BCUT2D eigenvalue weighted by atomic mass is 10.1. The molecule has 3 aromatic rings. The molecule has 0 saturated heterocycles. The van der Waals surface area contributed by atoms with Crippen molar-refractivity contribution in [3.05, 3.63) is 74.9 Å². The average Bonchev–Trinajstić information content (AvgIpc) is 3.31. The van der Waals surface area contributed by atoms with Gasteiger partial charge in [0.2, 0.25) is 10.0 Å². The van der Waals surface area contributed by atoms with E-state index in [2.05, 4.69) is 10.0 Å². The number of rotatable bonds is 10. The molecule has 0 saturated carbocycles. The molecule has 3 rings (SSSR count). The lowest BCUT2D eigenvalue weighted by Crippen LogP contribution is -2.25. The third-order valence-electron chi connectivity index (χ3n) is 4.45. The van der Waals surface area contributed by atoms with Crippen molar-refractivity contribution in [2.45, 2.75) is 24.9 Å². The molecular formula is C22H23ClN2O5S2. The van der Waals surface area contributed by atoms with Crippen LogP contribution in [-0.4, -0.2) is 28.0 Å². The van der Waals surface area contributed by atoms with Crippen LogP contribution in [0, 0.1) is 0 Å². The summed E-state index contributed by atoms with van der Waals surface area (Å²) < 4.78 is 38.5. The van der Waals surface area contributed by atoms with Crippen molar-refractivity contribution in [3.8, 4) is 11.5 Å². The number of hydrogen-bond donors (Lipinski definition) is 2. The normalized spacial score (nSPS) is 11.2. The van der Waals surface area contributed by atoms with Gasteiger partial charge in [0.15, 0.2) is 11.5 Å². The Morgan fingerprint density at radius 3 is 2.62 bits per heavy atom. The van der Waals surface area contributed by atoms with E-state index in [1.165, 1.54) is 36.6 Å². The number of amides is 1. The Labute approximate surface area is 196 Å². The fourth-order valence-corrected chi connectivity index (χ4v) is 4.99. The van der Waals surface area contributed by atoms with Crippen LogP contribution in [0.4, 0.5) is 0 Å². The van der Waals surface area contributed by atoms with Crippen LogP contribution in [0.15, 0.2) is 58.8 Å². The quantitative estimate of drug-likeness (QED) is 0.440. The maximum absolute atomic E-state index is 12.6. The van der Waals surface area contributed by atoms with E-state index in [1.54, 1.807) is 18.2 Å². The molecule has 0 fully saturated rings. The van der Waals surface area contributed by atoms with Gasteiger partial charge in [0.1, 0.15) is 0 Å². The van der Waals surface area contributed by atoms with Gasteiger partial charge in [-0.2, -0.15) is 0 Å². The molecule has 0 bridgehead atoms. The molecule has 0 spiro atoms. The van der Waals surface area contributed by atoms with Crippen molar-refractivity contribution >= 4 is 38.9 Å². The van der Waals surface area contributed by atoms with Gasteiger partial charge in [-0.3, -0.25) is 4.79 Å². The number of nitrogens with one attached hydrogen (secondary N) is 2. The number of carbonyl (C=O) groups excluding carboxylic acids is 1. The molecule has 0 aliphatic rings. The van der Waals surface area contributed by atoms with Gasteiger partial charge in [-0.1, -0.05) is 23.7 Å². The molecular weight excluding hydrogens is 472 g/mol. The Morgan fingerprint density at radius 1 is 1.12 bits per heavy atom. The van der Waals surface area contributed by atoms with E-state index in [1.807, 2.05) is 24.4 Å². The maximum atomic E-state index is 12.6. The van der Waals surface area contributed by atoms with Gasteiger partial charge in [-0.15, -0.1) is 11.3 Å². The SMILES string of the molecule is CCOc1c(Cl)cc(CNC(=O)c2cccc(S(=O)(=O)NCc3cccs3)c2)cc1OC. The number of sulfonamides is 1. The van der Waals surface area contributed by atoms with Crippen LogP contribution in [0.2, 0.25) is 5.02 Å². The molecule has 32 heavy (non-hydrogen) atoms. The smallest absolute Gasteiger partial charge is 0.251 e. The molecule has 0 aliphatic carbocycles. The lowest BCUT2D eigenvalue weighted by molar-refractivity contribution is 0.0950. The van der Waals surface area contributed by atoms with Crippen LogP contribution < -0.4 is 19.5 Å². The van der Waals surface area contributed by atoms with E-state index in [9.17, 15) is 13.2 Å². The fraction of sp³-hybridized carbons (Fsp3) is 0.227. The van der Waals surface area contributed by atoms with Gasteiger partial charge in [0.25, 0.3) is 5.91 Å². The first-order valence-corrected chi connectivity index (χ1v) is 12.5. The highest BCUT2D eigenvalue weighted by Gasteiger charge is 2.17. The van der Waals surface area contributed by atoms with Crippen molar-refractivity contribution in [1.29, 1.82) is 0 Å². The van der Waals surface area contributed by atoms with Crippen molar-refractivity contribution in [2.75, 3.05) is 13.7 Å². The molecule has 10 heteroatoms. The van der Waals surface area contributed by atoms with Gasteiger partial charge in [-0.25, -0.2) is 13.1 Å². The zero-order valence-electron chi connectivity index (χ0n) is 17.6. The Bertz CT molecular complexity index is 1180. The summed E-state index contributed by atoms with van der Waals surface area (Å²) in [4.78, 5) is 13.6. The number of thiophene rings is 1. The molecule has 170 valence electrons. The number of ether oxygens (including phenoxy) is 2. The molecule has 0 aliphatic heterocycles. The zero-order valence-corrected chi connectivity index (χ0v) is 19.9. The van der Waals surface area contributed by atoms with Gasteiger partial charge >= 0.3 is 0 Å². The zero-order chi connectivity index (χ0) is 23.1. The number of benzene rings is 2. The second-order valence-corrected chi connectivity index (χ2v) is 9.86. The van der Waals surface area contributed by atoms with Crippen LogP contribution >= 0.6 is 22.9 Å². The standard InChI is InChI=1S/C22H23ClN2O5S2/c1-3-30-21-19(23)10-15(11-20(21)29-2)13-24-22(26)16-6-4-8-18(12-16)32(27,28)25-14-17-7-5-9-31-17/h4-12,25H,3,13-14H2,1-2H3,(H,24,26). The molecule has 7 nitrogen and oxygen atoms in total. The second-order valence-electron chi connectivity index (χ2n) is 6.66. The molecule has 1 amide bonds. The molecule has 0 radical (unpaired) electrons. The number of hydrogen-bond acceptors (Lipinski definition) is 6. The van der Waals surface area contributed by atoms with Gasteiger partial charge in [0, 0.05) is 23.5 Å². The highest BCUT2D eigenvalue weighted by atomic mass is 35.5. The Hall–Kier alpha value is -2.59. The van der Waals surface area contributed by atoms with Crippen LogP contribution in [0.25, 0.3) is 0 Å². The van der Waals surface area contributed by atoms with Crippen LogP contribution in [0.1, 0.15) is 27.7 Å². The number of carbonyl (C=O) groups is 1. The van der Waals surface area contributed by atoms with Crippen LogP contribution in [-0.2, 0) is 23.1 Å². The first kappa shape index (κ1) is 24.1. The van der Waals surface area contributed by atoms with Crippen LogP contribution in [0.5, 0.6) is 11.5 Å². The van der Waals surface area contributed by atoms with E-state index in [0.717, 1.165) is 4.88 Å². The molecule has 1 heterocycles. The third-order valence-corrected chi connectivity index (χ3v) is 7.01. The highest BCUT2D eigenvalue weighted by molar-refractivity contribution is 7.89. The predicted octanol–water partition coefficient (Wildman–Crippen LogP) is 4.22. The fourth-order valence-electron chi connectivity index (χ4n) is 2.91. The van der Waals surface area contributed by atoms with Crippen molar-refractivity contribution in [1.82, 2.24) is 10.0 Å². The first-order valence-electron chi connectivity index (χ1n) is 9.73. The van der Waals surface area contributed by atoms with E-state index in [0.29, 0.717) is 28.7 Å². The minimum atomic E-state index is -3.76. The van der Waals surface area contributed by atoms with Crippen molar-refractivity contribution in [3.63, 3.8) is 0 Å². The molecule has 0 atom stereocenters. The third kappa shape index (κ3) is 6.01. The maximum Gasteiger partial charge on any atom is 0.251 e. The number of halogens is 1. The summed E-state index contributed by atoms with van der Waals surface area (Å²) in [6.45, 7) is 2.65. The Morgan fingerprint density at radius 2 is 1.94 bits per heavy atom. The average molecular weight is 495 g/mol. The summed E-state index contributed by atoms with van der Waals surface area (Å²) in [5.74, 6) is 0.498. The number of methoxy groups -OCH3 is 1.